The van der Waals surface area contributed by atoms with Crippen LogP contribution in [0.25, 0.3) is 0 Å². The van der Waals surface area contributed by atoms with Gasteiger partial charge in [-0.15, -0.1) is 0 Å². The van der Waals surface area contributed by atoms with Gasteiger partial charge in [0.15, 0.2) is 0 Å². The number of ether oxygens (including phenoxy) is 1. The van der Waals surface area contributed by atoms with E-state index in [0.717, 1.165) is 17.7 Å². The van der Waals surface area contributed by atoms with Gasteiger partial charge in [0.25, 0.3) is 0 Å². The Bertz CT molecular complexity index is 659. The summed E-state index contributed by atoms with van der Waals surface area (Å²) in [5.41, 5.74) is 6.96. The van der Waals surface area contributed by atoms with Crippen molar-refractivity contribution in [3.8, 4) is 5.75 Å². The largest absolute Gasteiger partial charge is 0.494 e. The Morgan fingerprint density at radius 2 is 1.92 bits per heavy atom. The number of benzene rings is 2. The van der Waals surface area contributed by atoms with Gasteiger partial charge in [-0.3, -0.25) is 4.79 Å². The first kappa shape index (κ1) is 17.9. The lowest BCUT2D eigenvalue weighted by atomic mass is 10.1. The zero-order valence-corrected chi connectivity index (χ0v) is 13.8. The molecule has 1 amide bonds. The normalized spacial score (nSPS) is 11.9. The van der Waals surface area contributed by atoms with E-state index in [1.807, 2.05) is 30.3 Å². The fourth-order valence-corrected chi connectivity index (χ4v) is 2.23. The van der Waals surface area contributed by atoms with Gasteiger partial charge in [-0.2, -0.15) is 0 Å². The molecule has 0 saturated carbocycles. The van der Waals surface area contributed by atoms with Crippen molar-refractivity contribution in [3.05, 3.63) is 65.5 Å². The molecule has 0 spiro atoms. The lowest BCUT2D eigenvalue weighted by molar-refractivity contribution is -0.119. The van der Waals surface area contributed by atoms with Gasteiger partial charge in [0.2, 0.25) is 5.91 Å². The van der Waals surface area contributed by atoms with Gasteiger partial charge in [-0.05, 0) is 49.1 Å². The number of amides is 1. The number of hydrogen-bond acceptors (Lipinski definition) is 3. The maximum Gasteiger partial charge on any atom is 0.234 e. The third-order valence-corrected chi connectivity index (χ3v) is 3.78. The van der Waals surface area contributed by atoms with Crippen LogP contribution >= 0.6 is 0 Å². The standard InChI is InChI=1S/C19H23FN2O2/c1-14(19(21)23)22-13-15-8-10-17(11-9-15)24-12-4-6-16-5-2-3-7-18(16)20/h2-3,5,7-11,14,22H,4,6,12-13H2,1H3,(H2,21,23). The monoisotopic (exact) mass is 330 g/mol. The van der Waals surface area contributed by atoms with Crippen molar-refractivity contribution in [1.82, 2.24) is 5.32 Å². The SMILES string of the molecule is CC(NCc1ccc(OCCCc2ccccc2F)cc1)C(N)=O. The van der Waals surface area contributed by atoms with Gasteiger partial charge in [0.05, 0.1) is 12.6 Å². The first-order valence-corrected chi connectivity index (χ1v) is 8.04. The summed E-state index contributed by atoms with van der Waals surface area (Å²) in [6.45, 7) is 2.83. The summed E-state index contributed by atoms with van der Waals surface area (Å²) in [7, 11) is 0. The van der Waals surface area contributed by atoms with Crippen LogP contribution in [0.4, 0.5) is 4.39 Å². The van der Waals surface area contributed by atoms with Crippen molar-refractivity contribution in [2.75, 3.05) is 6.61 Å². The van der Waals surface area contributed by atoms with E-state index in [9.17, 15) is 9.18 Å². The molecule has 1 unspecified atom stereocenters. The van der Waals surface area contributed by atoms with Crippen LogP contribution in [-0.2, 0) is 17.8 Å². The highest BCUT2D eigenvalue weighted by Crippen LogP contribution is 2.14. The summed E-state index contributed by atoms with van der Waals surface area (Å²) in [5, 5.41) is 3.04. The zero-order valence-electron chi connectivity index (χ0n) is 13.8. The van der Waals surface area contributed by atoms with E-state index in [1.165, 1.54) is 6.07 Å². The number of halogens is 1. The number of carbonyl (C=O) groups is 1. The summed E-state index contributed by atoms with van der Waals surface area (Å²) in [5.74, 6) is 0.236. The van der Waals surface area contributed by atoms with Gasteiger partial charge in [0, 0.05) is 6.54 Å². The molecule has 2 aromatic rings. The van der Waals surface area contributed by atoms with E-state index < -0.39 is 0 Å². The molecule has 0 heterocycles. The average molecular weight is 330 g/mol. The molecule has 0 radical (unpaired) electrons. The van der Waals surface area contributed by atoms with E-state index in [-0.39, 0.29) is 17.8 Å². The van der Waals surface area contributed by atoms with E-state index in [2.05, 4.69) is 5.32 Å². The zero-order chi connectivity index (χ0) is 17.4. The minimum atomic E-state index is -0.371. The summed E-state index contributed by atoms with van der Waals surface area (Å²) in [6, 6.07) is 14.1. The number of rotatable bonds is 9. The molecule has 0 saturated heterocycles. The van der Waals surface area contributed by atoms with Gasteiger partial charge in [0.1, 0.15) is 11.6 Å². The minimum absolute atomic E-state index is 0.167. The highest BCUT2D eigenvalue weighted by Gasteiger charge is 2.07. The van der Waals surface area contributed by atoms with Crippen LogP contribution in [0.3, 0.4) is 0 Å². The number of nitrogens with two attached hydrogens (primary N) is 1. The molecule has 0 bridgehead atoms. The molecule has 128 valence electrons. The Labute approximate surface area is 141 Å². The molecule has 4 nitrogen and oxygen atoms in total. The number of aryl methyl sites for hydroxylation is 1. The molecule has 0 aromatic heterocycles. The molecule has 0 aliphatic heterocycles. The van der Waals surface area contributed by atoms with Crippen molar-refractivity contribution in [2.45, 2.75) is 32.4 Å². The second-order valence-corrected chi connectivity index (χ2v) is 5.69. The fourth-order valence-electron chi connectivity index (χ4n) is 2.23. The summed E-state index contributed by atoms with van der Waals surface area (Å²) >= 11 is 0. The Morgan fingerprint density at radius 1 is 1.21 bits per heavy atom. The van der Waals surface area contributed by atoms with Crippen molar-refractivity contribution in [2.24, 2.45) is 5.73 Å². The molecule has 2 rings (SSSR count). The van der Waals surface area contributed by atoms with Crippen LogP contribution in [0.15, 0.2) is 48.5 Å². The van der Waals surface area contributed by atoms with Crippen LogP contribution in [0.5, 0.6) is 5.75 Å². The van der Waals surface area contributed by atoms with E-state index in [4.69, 9.17) is 10.5 Å². The topological polar surface area (TPSA) is 64.3 Å². The van der Waals surface area contributed by atoms with Crippen molar-refractivity contribution < 1.29 is 13.9 Å². The minimum Gasteiger partial charge on any atom is -0.494 e. The third kappa shape index (κ3) is 5.66. The Balaban J connectivity index is 1.72. The molecule has 0 aliphatic carbocycles. The first-order valence-electron chi connectivity index (χ1n) is 8.04. The molecule has 24 heavy (non-hydrogen) atoms. The predicted molar refractivity (Wildman–Crippen MR) is 92.2 cm³/mol. The Morgan fingerprint density at radius 3 is 2.58 bits per heavy atom. The number of primary amides is 1. The molecular formula is C19H23FN2O2. The quantitative estimate of drug-likeness (QED) is 0.695. The van der Waals surface area contributed by atoms with Gasteiger partial charge in [-0.1, -0.05) is 30.3 Å². The number of nitrogens with one attached hydrogen (secondary N) is 1. The highest BCUT2D eigenvalue weighted by atomic mass is 19.1. The highest BCUT2D eigenvalue weighted by molar-refractivity contribution is 5.79. The van der Waals surface area contributed by atoms with Crippen molar-refractivity contribution in [1.29, 1.82) is 0 Å². The lowest BCUT2D eigenvalue weighted by Gasteiger charge is -2.11. The van der Waals surface area contributed by atoms with Crippen LogP contribution in [0, 0.1) is 5.82 Å². The number of hydrogen-bond donors (Lipinski definition) is 2. The Kier molecular flexibility index (Phi) is 6.75. The molecule has 2 aromatic carbocycles. The summed E-state index contributed by atoms with van der Waals surface area (Å²) < 4.78 is 19.2. The van der Waals surface area contributed by atoms with Crippen molar-refractivity contribution >= 4 is 5.91 Å². The van der Waals surface area contributed by atoms with Crippen LogP contribution in [-0.4, -0.2) is 18.6 Å². The van der Waals surface area contributed by atoms with Crippen LogP contribution < -0.4 is 15.8 Å². The average Bonchev–Trinajstić information content (AvgIpc) is 2.59. The van der Waals surface area contributed by atoms with Crippen LogP contribution in [0.2, 0.25) is 0 Å². The van der Waals surface area contributed by atoms with E-state index in [0.29, 0.717) is 25.1 Å². The second-order valence-electron chi connectivity index (χ2n) is 5.69. The fraction of sp³-hybridized carbons (Fsp3) is 0.316. The third-order valence-electron chi connectivity index (χ3n) is 3.78. The van der Waals surface area contributed by atoms with Crippen LogP contribution in [0.1, 0.15) is 24.5 Å². The molecule has 3 N–H and O–H groups in total. The van der Waals surface area contributed by atoms with E-state index >= 15 is 0 Å². The molecule has 1 atom stereocenters. The summed E-state index contributed by atoms with van der Waals surface area (Å²) in [6.07, 6.45) is 1.40. The summed E-state index contributed by atoms with van der Waals surface area (Å²) in [4.78, 5) is 11.0. The maximum atomic E-state index is 13.5. The number of carbonyl (C=O) groups excluding carboxylic acids is 1. The van der Waals surface area contributed by atoms with E-state index in [1.54, 1.807) is 19.1 Å². The maximum absolute atomic E-state index is 13.5. The first-order chi connectivity index (χ1) is 11.6. The lowest BCUT2D eigenvalue weighted by Crippen LogP contribution is -2.38. The van der Waals surface area contributed by atoms with Gasteiger partial charge < -0.3 is 15.8 Å². The molecule has 0 fully saturated rings. The second kappa shape index (κ2) is 9.03. The predicted octanol–water partition coefficient (Wildman–Crippen LogP) is 2.80. The van der Waals surface area contributed by atoms with Crippen molar-refractivity contribution in [3.63, 3.8) is 0 Å². The van der Waals surface area contributed by atoms with Gasteiger partial charge >= 0.3 is 0 Å². The van der Waals surface area contributed by atoms with Gasteiger partial charge in [-0.25, -0.2) is 4.39 Å². The molecule has 0 aliphatic rings. The molecular weight excluding hydrogens is 307 g/mol. The Hall–Kier alpha value is -2.40. The molecule has 5 heteroatoms. The smallest absolute Gasteiger partial charge is 0.234 e.